The fraction of sp³-hybridized carbons (Fsp3) is 0.333. The molecule has 4 nitrogen and oxygen atoms in total. The summed E-state index contributed by atoms with van der Waals surface area (Å²) in [6.45, 7) is 8.00. The summed E-state index contributed by atoms with van der Waals surface area (Å²) in [7, 11) is 0. The minimum absolute atomic E-state index is 0.0156. The van der Waals surface area contributed by atoms with Gasteiger partial charge in [0, 0.05) is 8.95 Å². The Bertz CT molecular complexity index is 377. The molecule has 6 heteroatoms. The molecule has 0 aliphatic rings. The molecule has 0 radical (unpaired) electrons. The minimum Gasteiger partial charge on any atom is -0.478 e. The number of carbonyl (C=O) groups is 2. The zero-order chi connectivity index (χ0) is 14.9. The van der Waals surface area contributed by atoms with Gasteiger partial charge in [-0.15, -0.1) is 0 Å². The number of rotatable bonds is 2. The molecule has 0 amide bonds. The van der Waals surface area contributed by atoms with Gasteiger partial charge in [-0.05, 0) is 44.0 Å². The average Bonchev–Trinajstić information content (AvgIpc) is 2.36. The van der Waals surface area contributed by atoms with E-state index in [1.54, 1.807) is 0 Å². The number of carboxylic acids is 2. The van der Waals surface area contributed by atoms with E-state index in [-0.39, 0.29) is 20.1 Å². The zero-order valence-corrected chi connectivity index (χ0v) is 13.8. The highest BCUT2D eigenvalue weighted by Crippen LogP contribution is 2.26. The van der Waals surface area contributed by atoms with Crippen LogP contribution in [-0.2, 0) is 0 Å². The van der Waals surface area contributed by atoms with E-state index in [9.17, 15) is 9.59 Å². The molecule has 0 spiro atoms. The number of hydrogen-bond donors (Lipinski definition) is 2. The second-order valence-corrected chi connectivity index (χ2v) is 4.13. The molecule has 0 aromatic heterocycles. The average molecular weight is 384 g/mol. The van der Waals surface area contributed by atoms with Gasteiger partial charge >= 0.3 is 11.9 Å². The quantitative estimate of drug-likeness (QED) is 0.778. The van der Waals surface area contributed by atoms with Gasteiger partial charge in [-0.25, -0.2) is 9.59 Å². The van der Waals surface area contributed by atoms with Crippen LogP contribution in [0.4, 0.5) is 0 Å². The van der Waals surface area contributed by atoms with Crippen LogP contribution < -0.4 is 0 Å². The highest BCUT2D eigenvalue weighted by molar-refractivity contribution is 9.11. The predicted molar refractivity (Wildman–Crippen MR) is 78.5 cm³/mol. The number of benzene rings is 1. The molecule has 2 N–H and O–H groups in total. The summed E-state index contributed by atoms with van der Waals surface area (Å²) in [5, 5.41) is 17.4. The molecule has 1 aromatic rings. The van der Waals surface area contributed by atoms with Gasteiger partial charge < -0.3 is 10.2 Å². The predicted octanol–water partition coefficient (Wildman–Crippen LogP) is 4.66. The molecule has 0 saturated heterocycles. The van der Waals surface area contributed by atoms with E-state index in [2.05, 4.69) is 31.9 Å². The summed E-state index contributed by atoms with van der Waals surface area (Å²) in [5.41, 5.74) is 0.0313. The van der Waals surface area contributed by atoms with E-state index in [4.69, 9.17) is 10.2 Å². The molecule has 0 aliphatic heterocycles. The van der Waals surface area contributed by atoms with Crippen LogP contribution >= 0.6 is 31.9 Å². The van der Waals surface area contributed by atoms with Crippen molar-refractivity contribution in [2.45, 2.75) is 27.7 Å². The van der Waals surface area contributed by atoms with Gasteiger partial charge in [0.05, 0.1) is 11.1 Å². The van der Waals surface area contributed by atoms with Gasteiger partial charge in [0.2, 0.25) is 0 Å². The summed E-state index contributed by atoms with van der Waals surface area (Å²) in [5.74, 6) is -2.23. The number of carboxylic acid groups (broad SMARTS) is 2. The molecular formula is C12H16Br2O4. The van der Waals surface area contributed by atoms with Crippen LogP contribution in [0.15, 0.2) is 21.1 Å². The van der Waals surface area contributed by atoms with Gasteiger partial charge in [-0.1, -0.05) is 27.7 Å². The third kappa shape index (κ3) is 5.64. The maximum absolute atomic E-state index is 10.7. The lowest BCUT2D eigenvalue weighted by atomic mass is 10.1. The SMILES string of the molecule is CC.CC.O=C(O)c1cc(Br)c(C(=O)O)cc1Br. The third-order valence-electron chi connectivity index (χ3n) is 1.52. The van der Waals surface area contributed by atoms with Gasteiger partial charge in [-0.2, -0.15) is 0 Å². The molecule has 0 fully saturated rings. The minimum atomic E-state index is -1.12. The molecule has 18 heavy (non-hydrogen) atoms. The highest BCUT2D eigenvalue weighted by Gasteiger charge is 2.15. The van der Waals surface area contributed by atoms with Crippen LogP contribution in [0.25, 0.3) is 0 Å². The fourth-order valence-corrected chi connectivity index (χ4v) is 1.90. The molecule has 1 aromatic carbocycles. The Morgan fingerprint density at radius 2 is 1.06 bits per heavy atom. The molecule has 0 saturated carbocycles. The normalized spacial score (nSPS) is 8.33. The smallest absolute Gasteiger partial charge is 0.336 e. The van der Waals surface area contributed by atoms with Gasteiger partial charge in [0.25, 0.3) is 0 Å². The molecular weight excluding hydrogens is 368 g/mol. The third-order valence-corrected chi connectivity index (χ3v) is 2.83. The maximum Gasteiger partial charge on any atom is 0.336 e. The first-order valence-electron chi connectivity index (χ1n) is 5.39. The molecule has 0 unspecified atom stereocenters. The van der Waals surface area contributed by atoms with Crippen LogP contribution in [0.3, 0.4) is 0 Å². The maximum atomic E-state index is 10.7. The van der Waals surface area contributed by atoms with Crippen molar-refractivity contribution < 1.29 is 19.8 Å². The van der Waals surface area contributed by atoms with Crippen LogP contribution in [-0.4, -0.2) is 22.2 Å². The largest absolute Gasteiger partial charge is 0.478 e. The first-order chi connectivity index (χ1) is 8.43. The lowest BCUT2D eigenvalue weighted by molar-refractivity contribution is 0.0679. The Labute approximate surface area is 123 Å². The molecule has 0 atom stereocenters. The van der Waals surface area contributed by atoms with E-state index >= 15 is 0 Å². The number of halogens is 2. The standard InChI is InChI=1S/C8H4Br2O4.2C2H6/c9-5-1-3(7(11)12)6(10)2-4(5)8(13)14;2*1-2/h1-2H,(H,11,12)(H,13,14);2*1-2H3. The van der Waals surface area contributed by atoms with Crippen molar-refractivity contribution in [3.05, 3.63) is 32.2 Å². The number of aromatic carboxylic acids is 2. The summed E-state index contributed by atoms with van der Waals surface area (Å²) >= 11 is 5.97. The number of hydrogen-bond acceptors (Lipinski definition) is 2. The van der Waals surface area contributed by atoms with Crippen molar-refractivity contribution >= 4 is 43.8 Å². The summed E-state index contributed by atoms with van der Waals surface area (Å²) < 4.78 is 0.483. The molecule has 0 aliphatic carbocycles. The van der Waals surface area contributed by atoms with E-state index in [0.717, 1.165) is 0 Å². The van der Waals surface area contributed by atoms with E-state index in [1.165, 1.54) is 12.1 Å². The second kappa shape index (κ2) is 10.1. The van der Waals surface area contributed by atoms with Gasteiger partial charge in [0.15, 0.2) is 0 Å². The molecule has 0 heterocycles. The van der Waals surface area contributed by atoms with Crippen LogP contribution in [0.5, 0.6) is 0 Å². The van der Waals surface area contributed by atoms with Crippen molar-refractivity contribution in [2.24, 2.45) is 0 Å². The second-order valence-electron chi connectivity index (χ2n) is 2.42. The van der Waals surface area contributed by atoms with Gasteiger partial charge in [-0.3, -0.25) is 0 Å². The lowest BCUT2D eigenvalue weighted by Gasteiger charge is -2.03. The van der Waals surface area contributed by atoms with Crippen LogP contribution in [0.1, 0.15) is 48.4 Å². The Kier molecular flexibility index (Phi) is 10.9. The monoisotopic (exact) mass is 382 g/mol. The van der Waals surface area contributed by atoms with E-state index in [0.29, 0.717) is 0 Å². The summed E-state index contributed by atoms with van der Waals surface area (Å²) in [4.78, 5) is 21.3. The summed E-state index contributed by atoms with van der Waals surface area (Å²) in [6.07, 6.45) is 0. The first-order valence-corrected chi connectivity index (χ1v) is 6.97. The molecule has 102 valence electrons. The highest BCUT2D eigenvalue weighted by atomic mass is 79.9. The Balaban J connectivity index is 0. The van der Waals surface area contributed by atoms with E-state index < -0.39 is 11.9 Å². The molecule has 1 rings (SSSR count). The van der Waals surface area contributed by atoms with Crippen LogP contribution in [0.2, 0.25) is 0 Å². The van der Waals surface area contributed by atoms with Crippen molar-refractivity contribution in [2.75, 3.05) is 0 Å². The van der Waals surface area contributed by atoms with Crippen molar-refractivity contribution in [3.8, 4) is 0 Å². The Morgan fingerprint density at radius 3 is 1.22 bits per heavy atom. The fourth-order valence-electron chi connectivity index (χ4n) is 0.875. The lowest BCUT2D eigenvalue weighted by Crippen LogP contribution is -2.03. The van der Waals surface area contributed by atoms with E-state index in [1.807, 2.05) is 27.7 Å². The van der Waals surface area contributed by atoms with Gasteiger partial charge in [0.1, 0.15) is 0 Å². The summed E-state index contributed by atoms with van der Waals surface area (Å²) in [6, 6.07) is 2.49. The van der Waals surface area contributed by atoms with Crippen molar-refractivity contribution in [3.63, 3.8) is 0 Å². The molecule has 0 bridgehead atoms. The van der Waals surface area contributed by atoms with Crippen molar-refractivity contribution in [1.29, 1.82) is 0 Å². The Morgan fingerprint density at radius 1 is 0.833 bits per heavy atom. The van der Waals surface area contributed by atoms with Crippen molar-refractivity contribution in [1.82, 2.24) is 0 Å². The Hall–Kier alpha value is -0.880. The first kappa shape index (κ1) is 19.5. The zero-order valence-electron chi connectivity index (χ0n) is 10.6. The topological polar surface area (TPSA) is 74.6 Å². The van der Waals surface area contributed by atoms with Crippen LogP contribution in [0, 0.1) is 0 Å².